The molecule has 2 aromatic rings. The minimum atomic E-state index is -0.135. The molecule has 2 aromatic heterocycles. The van der Waals surface area contributed by atoms with Gasteiger partial charge in [-0.15, -0.1) is 0 Å². The van der Waals surface area contributed by atoms with Crippen molar-refractivity contribution < 1.29 is 9.59 Å². The quantitative estimate of drug-likeness (QED) is 0.491. The SMILES string of the molecule is O=C1C[C@@]2(CN1)CNc1ncc(Cl)cc12.O=C1C[C@]2(CN1)CNc1ncc(Cl)cc12. The monoisotopic (exact) mass is 446 g/mol. The van der Waals surface area contributed by atoms with Crippen LogP contribution in [0.2, 0.25) is 10.0 Å². The first-order valence-corrected chi connectivity index (χ1v) is 10.5. The van der Waals surface area contributed by atoms with Crippen molar-refractivity contribution in [2.45, 2.75) is 23.7 Å². The van der Waals surface area contributed by atoms with Crippen molar-refractivity contribution in [1.29, 1.82) is 0 Å². The third-order valence-electron chi connectivity index (χ3n) is 6.29. The van der Waals surface area contributed by atoms with Gasteiger partial charge in [-0.25, -0.2) is 9.97 Å². The highest BCUT2D eigenvalue weighted by molar-refractivity contribution is 6.30. The second kappa shape index (κ2) is 6.99. The highest BCUT2D eigenvalue weighted by atomic mass is 35.5. The lowest BCUT2D eigenvalue weighted by atomic mass is 9.82. The molecule has 8 nitrogen and oxygen atoms in total. The third kappa shape index (κ3) is 3.15. The summed E-state index contributed by atoms with van der Waals surface area (Å²) in [4.78, 5) is 31.1. The summed E-state index contributed by atoms with van der Waals surface area (Å²) in [5.41, 5.74) is 1.86. The second-order valence-electron chi connectivity index (χ2n) is 8.27. The number of amides is 2. The van der Waals surface area contributed by atoms with Gasteiger partial charge < -0.3 is 21.3 Å². The van der Waals surface area contributed by atoms with E-state index in [1.165, 1.54) is 0 Å². The van der Waals surface area contributed by atoms with Crippen LogP contribution in [0.5, 0.6) is 0 Å². The molecule has 2 saturated heterocycles. The van der Waals surface area contributed by atoms with E-state index < -0.39 is 0 Å². The Labute approximate surface area is 183 Å². The third-order valence-corrected chi connectivity index (χ3v) is 6.70. The lowest BCUT2D eigenvalue weighted by Crippen LogP contribution is -2.30. The fraction of sp³-hybridized carbons (Fsp3) is 0.400. The van der Waals surface area contributed by atoms with Gasteiger partial charge in [0.1, 0.15) is 11.6 Å². The van der Waals surface area contributed by atoms with E-state index in [1.54, 1.807) is 12.4 Å². The van der Waals surface area contributed by atoms with E-state index in [2.05, 4.69) is 31.2 Å². The second-order valence-corrected chi connectivity index (χ2v) is 9.15. The zero-order chi connectivity index (χ0) is 20.9. The number of nitrogens with one attached hydrogen (secondary N) is 4. The number of aromatic nitrogens is 2. The maximum atomic E-state index is 11.3. The topological polar surface area (TPSA) is 108 Å². The van der Waals surface area contributed by atoms with Gasteiger partial charge >= 0.3 is 0 Å². The lowest BCUT2D eigenvalue weighted by Gasteiger charge is -2.19. The number of halogens is 2. The number of carbonyl (C=O) groups is 2. The molecule has 2 fully saturated rings. The van der Waals surface area contributed by atoms with Gasteiger partial charge in [0.25, 0.3) is 0 Å². The smallest absolute Gasteiger partial charge is 0.221 e. The Hall–Kier alpha value is -2.58. The summed E-state index contributed by atoms with van der Waals surface area (Å²) in [5, 5.41) is 13.4. The Bertz CT molecular complexity index is 980. The van der Waals surface area contributed by atoms with Crippen LogP contribution in [-0.4, -0.2) is 48.0 Å². The van der Waals surface area contributed by atoms with Gasteiger partial charge in [-0.3, -0.25) is 9.59 Å². The number of pyridine rings is 2. The number of rotatable bonds is 0. The zero-order valence-electron chi connectivity index (χ0n) is 16.0. The van der Waals surface area contributed by atoms with Crippen molar-refractivity contribution >= 4 is 46.7 Å². The van der Waals surface area contributed by atoms with Crippen molar-refractivity contribution in [3.63, 3.8) is 0 Å². The fourth-order valence-electron chi connectivity index (χ4n) is 4.70. The molecule has 30 heavy (non-hydrogen) atoms. The zero-order valence-corrected chi connectivity index (χ0v) is 17.5. The van der Waals surface area contributed by atoms with Gasteiger partial charge in [0.2, 0.25) is 11.8 Å². The number of anilines is 2. The van der Waals surface area contributed by atoms with Gasteiger partial charge in [-0.05, 0) is 12.1 Å². The molecular weight excluding hydrogens is 427 g/mol. The average Bonchev–Trinajstić information content (AvgIpc) is 3.47. The van der Waals surface area contributed by atoms with Crippen LogP contribution in [0.3, 0.4) is 0 Å². The molecular formula is C20H20Cl2N6O2. The Morgan fingerprint density at radius 2 is 1.10 bits per heavy atom. The van der Waals surface area contributed by atoms with Crippen LogP contribution in [0.4, 0.5) is 11.6 Å². The van der Waals surface area contributed by atoms with Crippen LogP contribution in [0, 0.1) is 0 Å². The molecule has 4 aliphatic heterocycles. The average molecular weight is 447 g/mol. The van der Waals surface area contributed by atoms with Gasteiger partial charge in [0.05, 0.1) is 10.0 Å². The van der Waals surface area contributed by atoms with Crippen LogP contribution in [0.1, 0.15) is 24.0 Å². The van der Waals surface area contributed by atoms with Gasteiger partial charge in [0.15, 0.2) is 0 Å². The Morgan fingerprint density at radius 3 is 1.47 bits per heavy atom. The predicted octanol–water partition coefficient (Wildman–Crippen LogP) is 1.84. The Morgan fingerprint density at radius 1 is 0.700 bits per heavy atom. The predicted molar refractivity (Wildman–Crippen MR) is 114 cm³/mol. The molecule has 0 aromatic carbocycles. The summed E-state index contributed by atoms with van der Waals surface area (Å²) in [5.74, 6) is 1.92. The fourth-order valence-corrected chi connectivity index (χ4v) is 5.01. The summed E-state index contributed by atoms with van der Waals surface area (Å²) in [6, 6.07) is 3.81. The van der Waals surface area contributed by atoms with E-state index in [9.17, 15) is 9.59 Å². The van der Waals surface area contributed by atoms with Crippen molar-refractivity contribution in [2.24, 2.45) is 0 Å². The van der Waals surface area contributed by atoms with Gasteiger partial charge in [-0.1, -0.05) is 23.2 Å². The van der Waals surface area contributed by atoms with E-state index >= 15 is 0 Å². The molecule has 0 unspecified atom stereocenters. The lowest BCUT2D eigenvalue weighted by molar-refractivity contribution is -0.120. The summed E-state index contributed by atoms with van der Waals surface area (Å²) in [6.07, 6.45) is 4.29. The summed E-state index contributed by atoms with van der Waals surface area (Å²) >= 11 is 11.9. The van der Waals surface area contributed by atoms with E-state index in [-0.39, 0.29) is 22.6 Å². The summed E-state index contributed by atoms with van der Waals surface area (Å²) in [7, 11) is 0. The number of hydrogen-bond donors (Lipinski definition) is 4. The standard InChI is InChI=1S/2C10H10ClN3O/c2*11-6-1-7-9(12-3-6)14-5-10(7)2-8(15)13-4-10/h2*1,3H,2,4-5H2,(H,12,14)(H,13,15)/t2*10-/m10/s1. The van der Waals surface area contributed by atoms with Gasteiger partial charge in [0, 0.05) is 73.4 Å². The first-order valence-electron chi connectivity index (χ1n) is 9.72. The molecule has 0 radical (unpaired) electrons. The van der Waals surface area contributed by atoms with Crippen LogP contribution < -0.4 is 21.3 Å². The highest BCUT2D eigenvalue weighted by Gasteiger charge is 2.46. The number of hydrogen-bond acceptors (Lipinski definition) is 6. The summed E-state index contributed by atoms with van der Waals surface area (Å²) < 4.78 is 0. The molecule has 4 N–H and O–H groups in total. The largest absolute Gasteiger partial charge is 0.369 e. The van der Waals surface area contributed by atoms with E-state index in [1.807, 2.05) is 12.1 Å². The number of nitrogens with zero attached hydrogens (tertiary/aromatic N) is 2. The maximum absolute atomic E-state index is 11.3. The molecule has 6 heterocycles. The molecule has 2 spiro atoms. The van der Waals surface area contributed by atoms with Crippen LogP contribution in [-0.2, 0) is 20.4 Å². The summed E-state index contributed by atoms with van der Waals surface area (Å²) in [6.45, 7) is 2.87. The van der Waals surface area contributed by atoms with Crippen molar-refractivity contribution in [1.82, 2.24) is 20.6 Å². The van der Waals surface area contributed by atoms with Crippen molar-refractivity contribution in [3.05, 3.63) is 45.7 Å². The van der Waals surface area contributed by atoms with E-state index in [0.717, 1.165) is 35.9 Å². The van der Waals surface area contributed by atoms with E-state index in [4.69, 9.17) is 23.2 Å². The molecule has 0 saturated carbocycles. The van der Waals surface area contributed by atoms with Crippen LogP contribution in [0.25, 0.3) is 0 Å². The van der Waals surface area contributed by atoms with Crippen LogP contribution >= 0.6 is 23.2 Å². The highest BCUT2D eigenvalue weighted by Crippen LogP contribution is 2.42. The molecule has 10 heteroatoms. The first kappa shape index (κ1) is 19.4. The van der Waals surface area contributed by atoms with Crippen LogP contribution in [0.15, 0.2) is 24.5 Å². The van der Waals surface area contributed by atoms with Crippen molar-refractivity contribution in [3.8, 4) is 0 Å². The molecule has 0 bridgehead atoms. The molecule has 0 aliphatic carbocycles. The Kier molecular flexibility index (Phi) is 4.52. The van der Waals surface area contributed by atoms with Crippen molar-refractivity contribution in [2.75, 3.05) is 36.8 Å². The molecule has 2 amide bonds. The maximum Gasteiger partial charge on any atom is 0.221 e. The number of carbonyl (C=O) groups excluding carboxylic acids is 2. The minimum absolute atomic E-state index is 0.102. The molecule has 4 aliphatic rings. The number of fused-ring (bicyclic) bond motifs is 4. The molecule has 6 rings (SSSR count). The minimum Gasteiger partial charge on any atom is -0.369 e. The first-order chi connectivity index (χ1) is 14.4. The normalized spacial score (nSPS) is 27.7. The van der Waals surface area contributed by atoms with E-state index in [0.29, 0.717) is 36.0 Å². The molecule has 2 atom stereocenters. The van der Waals surface area contributed by atoms with Gasteiger partial charge in [-0.2, -0.15) is 0 Å². The molecule has 156 valence electrons. The Balaban J connectivity index is 0.000000128.